The molecule has 0 radical (unpaired) electrons. The molecular weight excluding hydrogens is 230 g/mol. The third-order valence-electron chi connectivity index (χ3n) is 3.58. The third kappa shape index (κ3) is 2.46. The zero-order chi connectivity index (χ0) is 13.1. The Morgan fingerprint density at radius 1 is 1.50 bits per heavy atom. The van der Waals surface area contributed by atoms with E-state index in [2.05, 4.69) is 10.2 Å². The first kappa shape index (κ1) is 12.8. The van der Waals surface area contributed by atoms with Crippen molar-refractivity contribution in [3.63, 3.8) is 0 Å². The molecule has 1 fully saturated rings. The van der Waals surface area contributed by atoms with Crippen LogP contribution in [0.5, 0.6) is 0 Å². The van der Waals surface area contributed by atoms with Gasteiger partial charge in [0.25, 0.3) is 5.69 Å². The Balaban J connectivity index is 2.33. The molecule has 98 valence electrons. The fraction of sp³-hybridized carbons (Fsp3) is 0.538. The maximum Gasteiger partial charge on any atom is 0.292 e. The fourth-order valence-electron chi connectivity index (χ4n) is 2.60. The van der Waals surface area contributed by atoms with Gasteiger partial charge in [-0.25, -0.2) is 0 Å². The largest absolute Gasteiger partial charge is 0.365 e. The Morgan fingerprint density at radius 2 is 2.28 bits per heavy atom. The van der Waals surface area contributed by atoms with Crippen LogP contribution in [0.4, 0.5) is 11.4 Å². The van der Waals surface area contributed by atoms with Gasteiger partial charge in [-0.15, -0.1) is 0 Å². The van der Waals surface area contributed by atoms with E-state index in [4.69, 9.17) is 0 Å². The predicted octanol–water partition coefficient (Wildman–Crippen LogP) is 2.09. The van der Waals surface area contributed by atoms with Gasteiger partial charge in [-0.3, -0.25) is 10.1 Å². The Hall–Kier alpha value is -1.62. The third-order valence-corrected chi connectivity index (χ3v) is 3.58. The molecule has 0 saturated carbocycles. The van der Waals surface area contributed by atoms with E-state index in [9.17, 15) is 10.1 Å². The molecule has 18 heavy (non-hydrogen) atoms. The van der Waals surface area contributed by atoms with Gasteiger partial charge in [-0.1, -0.05) is 12.1 Å². The summed E-state index contributed by atoms with van der Waals surface area (Å²) < 4.78 is 0. The van der Waals surface area contributed by atoms with Gasteiger partial charge >= 0.3 is 0 Å². The Labute approximate surface area is 107 Å². The number of hydrogen-bond acceptors (Lipinski definition) is 4. The number of rotatable bonds is 3. The number of para-hydroxylation sites is 1. The molecule has 1 N–H and O–H groups in total. The molecule has 0 aromatic heterocycles. The quantitative estimate of drug-likeness (QED) is 0.658. The molecule has 1 aliphatic rings. The van der Waals surface area contributed by atoms with Crippen LogP contribution in [0, 0.1) is 17.0 Å². The highest BCUT2D eigenvalue weighted by Gasteiger charge is 2.25. The number of nitro groups is 1. The summed E-state index contributed by atoms with van der Waals surface area (Å²) in [6.45, 7) is 3.86. The summed E-state index contributed by atoms with van der Waals surface area (Å²) in [4.78, 5) is 12.9. The van der Waals surface area contributed by atoms with Crippen molar-refractivity contribution in [3.05, 3.63) is 33.9 Å². The van der Waals surface area contributed by atoms with E-state index >= 15 is 0 Å². The summed E-state index contributed by atoms with van der Waals surface area (Å²) in [5.74, 6) is 0. The van der Waals surface area contributed by atoms with Gasteiger partial charge in [0.1, 0.15) is 5.69 Å². The molecule has 5 heteroatoms. The molecule has 0 spiro atoms. The van der Waals surface area contributed by atoms with Crippen molar-refractivity contribution < 1.29 is 4.92 Å². The lowest BCUT2D eigenvalue weighted by Gasteiger charge is -2.33. The van der Waals surface area contributed by atoms with Crippen LogP contribution in [0.2, 0.25) is 0 Å². The van der Waals surface area contributed by atoms with Crippen LogP contribution in [0.1, 0.15) is 18.4 Å². The number of aryl methyl sites for hydroxylation is 1. The van der Waals surface area contributed by atoms with E-state index in [1.165, 1.54) is 0 Å². The number of anilines is 1. The van der Waals surface area contributed by atoms with Crippen LogP contribution in [-0.4, -0.2) is 31.1 Å². The number of piperidine rings is 1. The zero-order valence-electron chi connectivity index (χ0n) is 10.8. The minimum Gasteiger partial charge on any atom is -0.365 e. The summed E-state index contributed by atoms with van der Waals surface area (Å²) in [6.07, 6.45) is 2.20. The van der Waals surface area contributed by atoms with Crippen molar-refractivity contribution in [1.29, 1.82) is 0 Å². The van der Waals surface area contributed by atoms with E-state index in [0.717, 1.165) is 37.2 Å². The highest BCUT2D eigenvalue weighted by molar-refractivity contribution is 5.67. The first-order chi connectivity index (χ1) is 8.61. The number of nitro benzene ring substituents is 1. The molecule has 1 unspecified atom stereocenters. The highest BCUT2D eigenvalue weighted by Crippen LogP contribution is 2.32. The minimum atomic E-state index is -0.297. The number of hydrogen-bond donors (Lipinski definition) is 1. The first-order valence-corrected chi connectivity index (χ1v) is 6.29. The lowest BCUT2D eigenvalue weighted by molar-refractivity contribution is -0.384. The molecule has 0 amide bonds. The number of nitrogens with one attached hydrogen (secondary N) is 1. The summed E-state index contributed by atoms with van der Waals surface area (Å²) in [5.41, 5.74) is 1.90. The molecule has 1 aromatic rings. The van der Waals surface area contributed by atoms with Gasteiger partial charge in [0.2, 0.25) is 0 Å². The van der Waals surface area contributed by atoms with Gasteiger partial charge in [0.15, 0.2) is 0 Å². The van der Waals surface area contributed by atoms with Gasteiger partial charge in [-0.2, -0.15) is 0 Å². The van der Waals surface area contributed by atoms with Crippen molar-refractivity contribution in [2.45, 2.75) is 25.8 Å². The zero-order valence-corrected chi connectivity index (χ0v) is 10.8. The average Bonchev–Trinajstić information content (AvgIpc) is 2.38. The van der Waals surface area contributed by atoms with Crippen molar-refractivity contribution in [2.75, 3.05) is 25.0 Å². The van der Waals surface area contributed by atoms with Crippen LogP contribution in [0.25, 0.3) is 0 Å². The molecule has 5 nitrogen and oxygen atoms in total. The molecular formula is C13H19N3O2. The van der Waals surface area contributed by atoms with Crippen LogP contribution in [-0.2, 0) is 0 Å². The smallest absolute Gasteiger partial charge is 0.292 e. The molecule has 2 rings (SSSR count). The Morgan fingerprint density at radius 3 is 2.89 bits per heavy atom. The molecule has 1 saturated heterocycles. The lowest BCUT2D eigenvalue weighted by atomic mass is 10.0. The summed E-state index contributed by atoms with van der Waals surface area (Å²) in [7, 11) is 1.95. The highest BCUT2D eigenvalue weighted by atomic mass is 16.6. The molecule has 1 atom stereocenters. The summed E-state index contributed by atoms with van der Waals surface area (Å²) in [6, 6.07) is 5.58. The van der Waals surface area contributed by atoms with E-state index in [1.807, 2.05) is 20.0 Å². The van der Waals surface area contributed by atoms with Gasteiger partial charge < -0.3 is 10.2 Å². The second kappa shape index (κ2) is 5.35. The summed E-state index contributed by atoms with van der Waals surface area (Å²) >= 11 is 0. The van der Waals surface area contributed by atoms with Crippen LogP contribution in [0.3, 0.4) is 0 Å². The van der Waals surface area contributed by atoms with Gasteiger partial charge in [0.05, 0.1) is 4.92 Å². The predicted molar refractivity (Wildman–Crippen MR) is 72.1 cm³/mol. The monoisotopic (exact) mass is 249 g/mol. The first-order valence-electron chi connectivity index (χ1n) is 6.29. The molecule has 1 heterocycles. The second-order valence-corrected chi connectivity index (χ2v) is 4.81. The maximum absolute atomic E-state index is 11.1. The van der Waals surface area contributed by atoms with Gasteiger partial charge in [0, 0.05) is 25.7 Å². The van der Waals surface area contributed by atoms with Crippen LogP contribution < -0.4 is 10.2 Å². The number of likely N-dealkylation sites (N-methyl/N-ethyl adjacent to an activating group) is 1. The summed E-state index contributed by atoms with van der Waals surface area (Å²) in [5, 5.41) is 14.5. The van der Waals surface area contributed by atoms with Crippen LogP contribution >= 0.6 is 0 Å². The molecule has 0 aliphatic carbocycles. The van der Waals surface area contributed by atoms with Crippen molar-refractivity contribution in [1.82, 2.24) is 5.32 Å². The normalized spacial score (nSPS) is 19.6. The SMILES string of the molecule is Cc1cccc([N+](=O)[O-])c1N(C)C1CCCNC1. The van der Waals surface area contributed by atoms with E-state index < -0.39 is 0 Å². The minimum absolute atomic E-state index is 0.197. The van der Waals surface area contributed by atoms with Gasteiger partial charge in [-0.05, 0) is 31.9 Å². The van der Waals surface area contributed by atoms with Crippen molar-refractivity contribution in [3.8, 4) is 0 Å². The van der Waals surface area contributed by atoms with Crippen molar-refractivity contribution in [2.24, 2.45) is 0 Å². The Kier molecular flexibility index (Phi) is 3.81. The number of benzene rings is 1. The van der Waals surface area contributed by atoms with E-state index in [0.29, 0.717) is 6.04 Å². The Bertz CT molecular complexity index is 442. The fourth-order valence-corrected chi connectivity index (χ4v) is 2.60. The maximum atomic E-state index is 11.1. The van der Waals surface area contributed by atoms with Crippen molar-refractivity contribution >= 4 is 11.4 Å². The average molecular weight is 249 g/mol. The second-order valence-electron chi connectivity index (χ2n) is 4.81. The lowest BCUT2D eigenvalue weighted by Crippen LogP contribution is -2.44. The number of nitrogens with zero attached hydrogens (tertiary/aromatic N) is 2. The topological polar surface area (TPSA) is 58.4 Å². The van der Waals surface area contributed by atoms with E-state index in [-0.39, 0.29) is 10.6 Å². The standard InChI is InChI=1S/C13H19N3O2/c1-10-5-3-7-12(16(17)18)13(10)15(2)11-6-4-8-14-9-11/h3,5,7,11,14H,4,6,8-9H2,1-2H3. The molecule has 1 aliphatic heterocycles. The van der Waals surface area contributed by atoms with Crippen LogP contribution in [0.15, 0.2) is 18.2 Å². The molecule has 1 aromatic carbocycles. The molecule has 0 bridgehead atoms. The van der Waals surface area contributed by atoms with E-state index in [1.54, 1.807) is 12.1 Å².